The summed E-state index contributed by atoms with van der Waals surface area (Å²) in [4.78, 5) is 16.9. The maximum atomic E-state index is 12.4. The molecule has 2 aliphatic rings. The largest absolute Gasteiger partial charge is 0.393 e. The zero-order valence-corrected chi connectivity index (χ0v) is 13.9. The summed E-state index contributed by atoms with van der Waals surface area (Å²) in [5, 5.41) is 12.6. The molecule has 0 spiro atoms. The number of hydrogen-bond acceptors (Lipinski definition) is 4. The van der Waals surface area contributed by atoms with Crippen LogP contribution in [0.5, 0.6) is 0 Å². The predicted molar refractivity (Wildman–Crippen MR) is 92.8 cm³/mol. The Bertz CT molecular complexity index is 518. The van der Waals surface area contributed by atoms with Crippen LogP contribution in [0.2, 0.25) is 0 Å². The lowest BCUT2D eigenvalue weighted by atomic mass is 10.1. The summed E-state index contributed by atoms with van der Waals surface area (Å²) >= 11 is 0. The summed E-state index contributed by atoms with van der Waals surface area (Å²) in [5.74, 6) is 0.0234. The monoisotopic (exact) mass is 317 g/mol. The number of nitrogens with one attached hydrogen (secondary N) is 1. The van der Waals surface area contributed by atoms with Crippen LogP contribution in [0.4, 0.5) is 11.4 Å². The fraction of sp³-hybridized carbons (Fsp3) is 0.611. The van der Waals surface area contributed by atoms with Crippen molar-refractivity contribution in [3.8, 4) is 0 Å². The Morgan fingerprint density at radius 3 is 2.35 bits per heavy atom. The van der Waals surface area contributed by atoms with E-state index < -0.39 is 0 Å². The van der Waals surface area contributed by atoms with Gasteiger partial charge < -0.3 is 15.3 Å². The lowest BCUT2D eigenvalue weighted by Gasteiger charge is -2.33. The Hall–Kier alpha value is -1.59. The molecule has 0 aromatic heterocycles. The highest BCUT2D eigenvalue weighted by Gasteiger charge is 2.25. The lowest BCUT2D eigenvalue weighted by Crippen LogP contribution is -2.47. The third-order valence-electron chi connectivity index (χ3n) is 5.03. The first kappa shape index (κ1) is 16.3. The Morgan fingerprint density at radius 2 is 1.74 bits per heavy atom. The van der Waals surface area contributed by atoms with Crippen LogP contribution in [-0.2, 0) is 4.79 Å². The highest BCUT2D eigenvalue weighted by atomic mass is 16.3. The first-order valence-corrected chi connectivity index (χ1v) is 8.71. The third kappa shape index (κ3) is 4.03. The van der Waals surface area contributed by atoms with E-state index in [1.807, 2.05) is 19.1 Å². The van der Waals surface area contributed by atoms with E-state index >= 15 is 0 Å². The molecular weight excluding hydrogens is 290 g/mol. The van der Waals surface area contributed by atoms with Gasteiger partial charge in [-0.05, 0) is 56.9 Å². The molecule has 126 valence electrons. The van der Waals surface area contributed by atoms with E-state index in [4.69, 9.17) is 0 Å². The van der Waals surface area contributed by atoms with E-state index in [2.05, 4.69) is 27.2 Å². The van der Waals surface area contributed by atoms with Crippen molar-refractivity contribution >= 4 is 17.3 Å². The van der Waals surface area contributed by atoms with Crippen molar-refractivity contribution in [1.82, 2.24) is 4.90 Å². The Balaban J connectivity index is 1.54. The number of aliphatic hydroxyl groups excluding tert-OH is 1. The average Bonchev–Trinajstić information content (AvgIpc) is 3.10. The van der Waals surface area contributed by atoms with Crippen molar-refractivity contribution in [1.29, 1.82) is 0 Å². The second kappa shape index (κ2) is 7.32. The molecule has 0 saturated carbocycles. The number of rotatable bonds is 4. The van der Waals surface area contributed by atoms with Crippen LogP contribution >= 0.6 is 0 Å². The van der Waals surface area contributed by atoms with Gasteiger partial charge in [-0.1, -0.05) is 0 Å². The number of carbonyl (C=O) groups excluding carboxylic acids is 1. The number of carbonyl (C=O) groups is 1. The van der Waals surface area contributed by atoms with E-state index in [9.17, 15) is 9.90 Å². The Labute approximate surface area is 138 Å². The number of likely N-dealkylation sites (tertiary alicyclic amines) is 1. The highest BCUT2D eigenvalue weighted by Crippen LogP contribution is 2.22. The summed E-state index contributed by atoms with van der Waals surface area (Å²) in [6.45, 7) is 5.76. The molecule has 2 heterocycles. The minimum Gasteiger partial charge on any atom is -0.393 e. The number of nitrogens with zero attached hydrogens (tertiary/aromatic N) is 2. The molecule has 2 saturated heterocycles. The molecule has 2 aliphatic heterocycles. The molecule has 0 aliphatic carbocycles. The minimum absolute atomic E-state index is 0.0234. The number of amides is 1. The summed E-state index contributed by atoms with van der Waals surface area (Å²) in [6, 6.07) is 7.98. The molecule has 2 N–H and O–H groups in total. The van der Waals surface area contributed by atoms with Gasteiger partial charge in [-0.2, -0.15) is 0 Å². The summed E-state index contributed by atoms with van der Waals surface area (Å²) < 4.78 is 0. The highest BCUT2D eigenvalue weighted by molar-refractivity contribution is 5.94. The summed E-state index contributed by atoms with van der Waals surface area (Å²) in [7, 11) is 0. The van der Waals surface area contributed by atoms with Gasteiger partial charge in [0.05, 0.1) is 12.1 Å². The fourth-order valence-electron chi connectivity index (χ4n) is 3.42. The van der Waals surface area contributed by atoms with E-state index in [0.717, 1.165) is 44.7 Å². The van der Waals surface area contributed by atoms with Gasteiger partial charge in [0.1, 0.15) is 0 Å². The Kier molecular flexibility index (Phi) is 5.18. The maximum Gasteiger partial charge on any atom is 0.241 e. The van der Waals surface area contributed by atoms with Gasteiger partial charge in [-0.3, -0.25) is 9.69 Å². The van der Waals surface area contributed by atoms with Gasteiger partial charge in [0.25, 0.3) is 0 Å². The molecule has 1 atom stereocenters. The number of hydrogen-bond donors (Lipinski definition) is 2. The molecule has 2 fully saturated rings. The SMILES string of the molecule is CC(C(=O)Nc1ccc(N2CCCC2)cc1)N1CCC(O)CC1. The second-order valence-electron chi connectivity index (χ2n) is 6.67. The molecule has 5 nitrogen and oxygen atoms in total. The van der Waals surface area contributed by atoms with Crippen molar-refractivity contribution in [2.24, 2.45) is 0 Å². The van der Waals surface area contributed by atoms with Crippen LogP contribution in [0.3, 0.4) is 0 Å². The second-order valence-corrected chi connectivity index (χ2v) is 6.67. The number of piperidine rings is 1. The fourth-order valence-corrected chi connectivity index (χ4v) is 3.42. The topological polar surface area (TPSA) is 55.8 Å². The maximum absolute atomic E-state index is 12.4. The van der Waals surface area contributed by atoms with Crippen LogP contribution in [-0.4, -0.2) is 54.2 Å². The minimum atomic E-state index is -0.209. The third-order valence-corrected chi connectivity index (χ3v) is 5.03. The quantitative estimate of drug-likeness (QED) is 0.893. The number of anilines is 2. The van der Waals surface area contributed by atoms with Crippen LogP contribution < -0.4 is 10.2 Å². The zero-order chi connectivity index (χ0) is 16.2. The summed E-state index contributed by atoms with van der Waals surface area (Å²) in [6.07, 6.45) is 3.82. The van der Waals surface area contributed by atoms with Gasteiger partial charge in [0, 0.05) is 37.6 Å². The van der Waals surface area contributed by atoms with Crippen LogP contribution in [0.1, 0.15) is 32.6 Å². The van der Waals surface area contributed by atoms with Gasteiger partial charge >= 0.3 is 0 Å². The standard InChI is InChI=1S/C18H27N3O2/c1-14(20-12-8-17(22)9-13-20)18(23)19-15-4-6-16(7-5-15)21-10-2-3-11-21/h4-7,14,17,22H,2-3,8-13H2,1H3,(H,19,23). The van der Waals surface area contributed by atoms with Crippen LogP contribution in [0.15, 0.2) is 24.3 Å². The molecular formula is C18H27N3O2. The first-order chi connectivity index (χ1) is 11.1. The summed E-state index contributed by atoms with van der Waals surface area (Å²) in [5.41, 5.74) is 2.08. The van der Waals surface area contributed by atoms with Crippen molar-refractivity contribution in [2.45, 2.75) is 44.8 Å². The first-order valence-electron chi connectivity index (χ1n) is 8.71. The Morgan fingerprint density at radius 1 is 1.13 bits per heavy atom. The van der Waals surface area contributed by atoms with E-state index in [0.29, 0.717) is 0 Å². The molecule has 1 unspecified atom stereocenters. The van der Waals surface area contributed by atoms with Crippen molar-refractivity contribution in [2.75, 3.05) is 36.4 Å². The predicted octanol–water partition coefficient (Wildman–Crippen LogP) is 2.07. The zero-order valence-electron chi connectivity index (χ0n) is 13.9. The van der Waals surface area contributed by atoms with Crippen LogP contribution in [0.25, 0.3) is 0 Å². The van der Waals surface area contributed by atoms with Gasteiger partial charge in [0.2, 0.25) is 5.91 Å². The molecule has 5 heteroatoms. The molecule has 23 heavy (non-hydrogen) atoms. The molecule has 1 aromatic rings. The molecule has 0 bridgehead atoms. The van der Waals surface area contributed by atoms with Gasteiger partial charge in [-0.15, -0.1) is 0 Å². The lowest BCUT2D eigenvalue weighted by molar-refractivity contribution is -0.121. The molecule has 0 radical (unpaired) electrons. The van der Waals surface area contributed by atoms with E-state index in [1.165, 1.54) is 18.5 Å². The van der Waals surface area contributed by atoms with Crippen molar-refractivity contribution in [3.63, 3.8) is 0 Å². The number of aliphatic hydroxyl groups is 1. The van der Waals surface area contributed by atoms with E-state index in [1.54, 1.807) is 0 Å². The number of benzene rings is 1. The van der Waals surface area contributed by atoms with Gasteiger partial charge in [-0.25, -0.2) is 0 Å². The molecule has 1 amide bonds. The van der Waals surface area contributed by atoms with Crippen molar-refractivity contribution < 1.29 is 9.90 Å². The normalized spacial score (nSPS) is 21.4. The van der Waals surface area contributed by atoms with Crippen LogP contribution in [0, 0.1) is 0 Å². The average molecular weight is 317 g/mol. The van der Waals surface area contributed by atoms with Crippen molar-refractivity contribution in [3.05, 3.63) is 24.3 Å². The molecule has 1 aromatic carbocycles. The molecule has 3 rings (SSSR count). The smallest absolute Gasteiger partial charge is 0.241 e. The van der Waals surface area contributed by atoms with E-state index in [-0.39, 0.29) is 18.1 Å². The van der Waals surface area contributed by atoms with Gasteiger partial charge in [0.15, 0.2) is 0 Å².